The topological polar surface area (TPSA) is 12.9 Å². The van der Waals surface area contributed by atoms with Gasteiger partial charge < -0.3 is 0 Å². The first kappa shape index (κ1) is 10.1. The molecule has 0 aliphatic rings. The lowest BCUT2D eigenvalue weighted by molar-refractivity contribution is 1.41. The molecule has 17 heavy (non-hydrogen) atoms. The first-order chi connectivity index (χ1) is 8.34. The quantitative estimate of drug-likeness (QED) is 0.569. The molecule has 0 spiro atoms. The van der Waals surface area contributed by atoms with Gasteiger partial charge in [-0.2, -0.15) is 0 Å². The third-order valence-corrected chi connectivity index (χ3v) is 2.92. The number of pyridine rings is 1. The number of hydrogen-bond acceptors (Lipinski definition) is 1. The van der Waals surface area contributed by atoms with Crippen LogP contribution in [0.2, 0.25) is 0 Å². The number of fused-ring (bicyclic) bond motifs is 1. The molecule has 0 saturated carbocycles. The van der Waals surface area contributed by atoms with Gasteiger partial charge in [-0.1, -0.05) is 54.6 Å². The van der Waals surface area contributed by atoms with Crippen LogP contribution in [0.3, 0.4) is 0 Å². The van der Waals surface area contributed by atoms with Gasteiger partial charge in [0.2, 0.25) is 0 Å². The zero-order valence-electron chi connectivity index (χ0n) is 9.72. The highest BCUT2D eigenvalue weighted by atomic mass is 14.7. The van der Waals surface area contributed by atoms with Crippen molar-refractivity contribution in [1.82, 2.24) is 4.98 Å². The van der Waals surface area contributed by atoms with E-state index in [2.05, 4.69) is 47.4 Å². The number of nitrogens with zero attached hydrogens (tertiary/aromatic N) is 1. The van der Waals surface area contributed by atoms with E-state index in [1.807, 2.05) is 26.0 Å². The smallest absolute Gasteiger partial charge is 0.163 e. The standard InChI is InChI=1S/C15H12BN/c16-14-10-12-8-4-5-9-13(12)15(17-14)11-6-2-1-3-7-11/h1-10H,16H2. The van der Waals surface area contributed by atoms with Gasteiger partial charge in [-0.3, -0.25) is 4.98 Å². The van der Waals surface area contributed by atoms with Crippen LogP contribution < -0.4 is 5.59 Å². The van der Waals surface area contributed by atoms with Crippen LogP contribution in [0, 0.1) is 0 Å². The molecule has 0 radical (unpaired) electrons. The van der Waals surface area contributed by atoms with Gasteiger partial charge in [-0.15, -0.1) is 0 Å². The molecule has 1 nitrogen and oxygen atoms in total. The Bertz CT molecular complexity index is 662. The minimum absolute atomic E-state index is 1.06. The third kappa shape index (κ3) is 1.82. The molecule has 2 aromatic carbocycles. The van der Waals surface area contributed by atoms with Crippen LogP contribution >= 0.6 is 0 Å². The number of rotatable bonds is 1. The number of aromatic nitrogens is 1. The van der Waals surface area contributed by atoms with E-state index in [1.54, 1.807) is 0 Å². The fourth-order valence-electron chi connectivity index (χ4n) is 2.15. The van der Waals surface area contributed by atoms with Crippen molar-refractivity contribution in [1.29, 1.82) is 0 Å². The fraction of sp³-hybridized carbons (Fsp3) is 0. The normalized spacial score (nSPS) is 10.6. The Morgan fingerprint density at radius 1 is 0.824 bits per heavy atom. The molecule has 0 N–H and O–H groups in total. The van der Waals surface area contributed by atoms with Crippen LogP contribution in [0.5, 0.6) is 0 Å². The summed E-state index contributed by atoms with van der Waals surface area (Å²) in [6.07, 6.45) is 0. The summed E-state index contributed by atoms with van der Waals surface area (Å²) in [6.45, 7) is 0. The van der Waals surface area contributed by atoms with Crippen molar-refractivity contribution >= 4 is 24.2 Å². The van der Waals surface area contributed by atoms with Crippen molar-refractivity contribution in [2.45, 2.75) is 0 Å². The van der Waals surface area contributed by atoms with Gasteiger partial charge in [0.25, 0.3) is 0 Å². The van der Waals surface area contributed by atoms with Crippen molar-refractivity contribution in [2.24, 2.45) is 0 Å². The molecule has 1 aromatic heterocycles. The Kier molecular flexibility index (Phi) is 2.41. The van der Waals surface area contributed by atoms with Crippen molar-refractivity contribution in [3.05, 3.63) is 60.7 Å². The number of hydrogen-bond donors (Lipinski definition) is 0. The highest BCUT2D eigenvalue weighted by Crippen LogP contribution is 2.24. The van der Waals surface area contributed by atoms with Crippen molar-refractivity contribution in [3.8, 4) is 11.3 Å². The maximum Gasteiger partial charge on any atom is 0.163 e. The summed E-state index contributed by atoms with van der Waals surface area (Å²) in [5.74, 6) is 0. The average Bonchev–Trinajstić information content (AvgIpc) is 2.39. The molecule has 80 valence electrons. The van der Waals surface area contributed by atoms with Gasteiger partial charge in [-0.25, -0.2) is 0 Å². The van der Waals surface area contributed by atoms with E-state index in [-0.39, 0.29) is 0 Å². The van der Waals surface area contributed by atoms with Crippen LogP contribution in [0.25, 0.3) is 22.0 Å². The molecule has 0 aliphatic heterocycles. The van der Waals surface area contributed by atoms with Crippen LogP contribution in [-0.4, -0.2) is 12.8 Å². The average molecular weight is 217 g/mol. The molecule has 1 heterocycles. The molecule has 3 rings (SSSR count). The molecular weight excluding hydrogens is 205 g/mol. The Labute approximate surface area is 102 Å². The summed E-state index contributed by atoms with van der Waals surface area (Å²) in [4.78, 5) is 4.67. The van der Waals surface area contributed by atoms with E-state index >= 15 is 0 Å². The largest absolute Gasteiger partial charge is 0.263 e. The molecule has 0 aliphatic carbocycles. The van der Waals surface area contributed by atoms with Crippen molar-refractivity contribution < 1.29 is 0 Å². The zero-order valence-corrected chi connectivity index (χ0v) is 9.72. The van der Waals surface area contributed by atoms with Gasteiger partial charge in [-0.05, 0) is 17.0 Å². The molecule has 0 saturated heterocycles. The summed E-state index contributed by atoms with van der Waals surface area (Å²) in [6, 6.07) is 20.9. The lowest BCUT2D eigenvalue weighted by atomic mass is 9.97. The summed E-state index contributed by atoms with van der Waals surface area (Å²) in [5.41, 5.74) is 3.30. The van der Waals surface area contributed by atoms with E-state index in [0.29, 0.717) is 0 Å². The van der Waals surface area contributed by atoms with Gasteiger partial charge in [0, 0.05) is 10.9 Å². The summed E-state index contributed by atoms with van der Waals surface area (Å²) in [7, 11) is 2.04. The molecule has 0 unspecified atom stereocenters. The van der Waals surface area contributed by atoms with Gasteiger partial charge >= 0.3 is 0 Å². The summed E-state index contributed by atoms with van der Waals surface area (Å²) < 4.78 is 0. The van der Waals surface area contributed by atoms with E-state index < -0.39 is 0 Å². The Hall–Kier alpha value is -2.09. The molecule has 0 atom stereocenters. The zero-order chi connectivity index (χ0) is 11.7. The highest BCUT2D eigenvalue weighted by Gasteiger charge is 2.05. The second-order valence-corrected chi connectivity index (χ2v) is 4.20. The molecular formula is C15H12BN. The SMILES string of the molecule is Bc1cc2ccccc2c(-c2ccccc2)n1. The van der Waals surface area contributed by atoms with Crippen LogP contribution in [0.1, 0.15) is 0 Å². The molecule has 0 bridgehead atoms. The number of benzene rings is 2. The minimum atomic E-state index is 1.06. The Morgan fingerprint density at radius 3 is 2.35 bits per heavy atom. The molecule has 2 heteroatoms. The van der Waals surface area contributed by atoms with Crippen LogP contribution in [0.15, 0.2) is 60.7 Å². The summed E-state index contributed by atoms with van der Waals surface area (Å²) >= 11 is 0. The second-order valence-electron chi connectivity index (χ2n) is 4.20. The van der Waals surface area contributed by atoms with Crippen LogP contribution in [-0.2, 0) is 0 Å². The first-order valence-electron chi connectivity index (χ1n) is 5.76. The van der Waals surface area contributed by atoms with Gasteiger partial charge in [0.05, 0.1) is 5.69 Å². The lowest BCUT2D eigenvalue weighted by Gasteiger charge is -2.07. The van der Waals surface area contributed by atoms with Crippen LogP contribution in [0.4, 0.5) is 0 Å². The van der Waals surface area contributed by atoms with E-state index in [4.69, 9.17) is 0 Å². The molecule has 3 aromatic rings. The predicted molar refractivity (Wildman–Crippen MR) is 75.4 cm³/mol. The second kappa shape index (κ2) is 4.06. The highest BCUT2D eigenvalue weighted by molar-refractivity contribution is 6.32. The first-order valence-corrected chi connectivity index (χ1v) is 5.76. The summed E-state index contributed by atoms with van der Waals surface area (Å²) in [5, 5.41) is 2.46. The van der Waals surface area contributed by atoms with Crippen molar-refractivity contribution in [3.63, 3.8) is 0 Å². The monoisotopic (exact) mass is 217 g/mol. The predicted octanol–water partition coefficient (Wildman–Crippen LogP) is 2.16. The maximum absolute atomic E-state index is 4.67. The van der Waals surface area contributed by atoms with Gasteiger partial charge in [0.1, 0.15) is 0 Å². The maximum atomic E-state index is 4.67. The van der Waals surface area contributed by atoms with Crippen molar-refractivity contribution in [2.75, 3.05) is 0 Å². The Morgan fingerprint density at radius 2 is 1.53 bits per heavy atom. The van der Waals surface area contributed by atoms with E-state index in [0.717, 1.165) is 11.3 Å². The van der Waals surface area contributed by atoms with Gasteiger partial charge in [0.15, 0.2) is 7.85 Å². The Balaban J connectivity index is 2.36. The van der Waals surface area contributed by atoms with E-state index in [1.165, 1.54) is 16.3 Å². The van der Waals surface area contributed by atoms with E-state index in [9.17, 15) is 0 Å². The fourth-order valence-corrected chi connectivity index (χ4v) is 2.15. The minimum Gasteiger partial charge on any atom is -0.263 e. The lowest BCUT2D eigenvalue weighted by Crippen LogP contribution is -2.08. The third-order valence-electron chi connectivity index (χ3n) is 2.92. The molecule has 0 fully saturated rings. The molecule has 0 amide bonds.